The van der Waals surface area contributed by atoms with Crippen LogP contribution in [0.4, 0.5) is 0 Å². The molecule has 104 valence electrons. The van der Waals surface area contributed by atoms with Crippen LogP contribution in [0.1, 0.15) is 20.8 Å². The van der Waals surface area contributed by atoms with Crippen LogP contribution in [-0.2, 0) is 9.53 Å². The summed E-state index contributed by atoms with van der Waals surface area (Å²) in [7, 11) is 0. The second kappa shape index (κ2) is 10.4. The summed E-state index contributed by atoms with van der Waals surface area (Å²) >= 11 is 5.77. The van der Waals surface area contributed by atoms with Gasteiger partial charge in [-0.1, -0.05) is 38.2 Å². The number of allylic oxidation sites excluding steroid dienone is 1. The van der Waals surface area contributed by atoms with E-state index in [1.165, 1.54) is 6.08 Å². The largest absolute Gasteiger partial charge is 0.434 e. The van der Waals surface area contributed by atoms with Crippen LogP contribution in [-0.4, -0.2) is 35.9 Å². The summed E-state index contributed by atoms with van der Waals surface area (Å²) in [6, 6.07) is 0. The minimum absolute atomic E-state index is 0.0895. The minimum Gasteiger partial charge on any atom is -0.434 e. The Morgan fingerprint density at radius 1 is 1.42 bits per heavy atom. The van der Waals surface area contributed by atoms with E-state index in [2.05, 4.69) is 16.6 Å². The number of terminal acetylenes is 1. The van der Waals surface area contributed by atoms with Gasteiger partial charge in [-0.3, -0.25) is 4.79 Å². The Morgan fingerprint density at radius 2 is 2.11 bits per heavy atom. The van der Waals surface area contributed by atoms with Crippen molar-refractivity contribution in [2.24, 2.45) is 5.92 Å². The topological polar surface area (TPSA) is 29.5 Å². The van der Waals surface area contributed by atoms with Crippen molar-refractivity contribution in [2.45, 2.75) is 26.1 Å². The molecule has 19 heavy (non-hydrogen) atoms. The SMILES string of the molecule is C#COCC#CCN(CC(C)C)C(=O)/C=C/C(C)Cl. The lowest BCUT2D eigenvalue weighted by atomic mass is 10.2. The van der Waals surface area contributed by atoms with Gasteiger partial charge in [0.15, 0.2) is 6.61 Å². The lowest BCUT2D eigenvalue weighted by molar-refractivity contribution is -0.125. The van der Waals surface area contributed by atoms with Gasteiger partial charge in [-0.2, -0.15) is 0 Å². The normalized spacial score (nSPS) is 11.6. The Labute approximate surface area is 120 Å². The van der Waals surface area contributed by atoms with Crippen LogP contribution in [0.5, 0.6) is 0 Å². The summed E-state index contributed by atoms with van der Waals surface area (Å²) in [5.41, 5.74) is 0. The monoisotopic (exact) mass is 281 g/mol. The van der Waals surface area contributed by atoms with E-state index in [0.29, 0.717) is 19.0 Å². The van der Waals surface area contributed by atoms with Crippen LogP contribution < -0.4 is 0 Å². The van der Waals surface area contributed by atoms with Crippen molar-refractivity contribution in [2.75, 3.05) is 19.7 Å². The van der Waals surface area contributed by atoms with E-state index in [9.17, 15) is 4.79 Å². The molecular weight excluding hydrogens is 262 g/mol. The summed E-state index contributed by atoms with van der Waals surface area (Å²) in [4.78, 5) is 13.6. The van der Waals surface area contributed by atoms with Crippen molar-refractivity contribution in [3.05, 3.63) is 12.2 Å². The Morgan fingerprint density at radius 3 is 2.63 bits per heavy atom. The molecule has 0 aliphatic heterocycles. The molecule has 0 saturated heterocycles. The van der Waals surface area contributed by atoms with Crippen molar-refractivity contribution < 1.29 is 9.53 Å². The third kappa shape index (κ3) is 10.1. The van der Waals surface area contributed by atoms with Gasteiger partial charge >= 0.3 is 0 Å². The number of hydrogen-bond donors (Lipinski definition) is 0. The van der Waals surface area contributed by atoms with Gasteiger partial charge in [0.1, 0.15) is 6.11 Å². The molecule has 0 bridgehead atoms. The van der Waals surface area contributed by atoms with E-state index < -0.39 is 0 Å². The molecule has 0 aromatic rings. The van der Waals surface area contributed by atoms with Gasteiger partial charge in [0.2, 0.25) is 5.91 Å². The molecule has 0 aliphatic rings. The molecule has 0 aliphatic carbocycles. The highest BCUT2D eigenvalue weighted by atomic mass is 35.5. The number of hydrogen-bond acceptors (Lipinski definition) is 2. The fraction of sp³-hybridized carbons (Fsp3) is 0.533. The standard InChI is InChI=1S/C15H20ClNO2/c1-5-19-11-7-6-10-17(12-13(2)3)15(18)9-8-14(4)16/h1,8-9,13-14H,10-12H2,2-4H3/b9-8+. The molecule has 1 amide bonds. The van der Waals surface area contributed by atoms with Gasteiger partial charge < -0.3 is 9.64 Å². The lowest BCUT2D eigenvalue weighted by Gasteiger charge is -2.20. The maximum Gasteiger partial charge on any atom is 0.247 e. The number of alkyl halides is 1. The summed E-state index contributed by atoms with van der Waals surface area (Å²) in [5.74, 6) is 5.89. The first-order valence-corrected chi connectivity index (χ1v) is 6.55. The first-order chi connectivity index (χ1) is 8.97. The molecule has 0 N–H and O–H groups in total. The zero-order valence-corrected chi connectivity index (χ0v) is 12.4. The average molecular weight is 282 g/mol. The molecule has 4 heteroatoms. The summed E-state index contributed by atoms with van der Waals surface area (Å²) in [5, 5.41) is -0.167. The molecule has 0 rings (SSSR count). The van der Waals surface area contributed by atoms with Crippen LogP contribution in [0.15, 0.2) is 12.2 Å². The highest BCUT2D eigenvalue weighted by Gasteiger charge is 2.11. The number of carbonyl (C=O) groups is 1. The lowest BCUT2D eigenvalue weighted by Crippen LogP contribution is -2.33. The van der Waals surface area contributed by atoms with Crippen LogP contribution in [0.3, 0.4) is 0 Å². The van der Waals surface area contributed by atoms with Crippen molar-refractivity contribution in [3.63, 3.8) is 0 Å². The van der Waals surface area contributed by atoms with E-state index >= 15 is 0 Å². The molecular formula is C15H20ClNO2. The molecule has 3 nitrogen and oxygen atoms in total. The van der Waals surface area contributed by atoms with Gasteiger partial charge in [-0.05, 0) is 12.8 Å². The van der Waals surface area contributed by atoms with Gasteiger partial charge in [0.25, 0.3) is 0 Å². The Balaban J connectivity index is 4.49. The Hall–Kier alpha value is -1.58. The molecule has 0 aromatic heterocycles. The highest BCUT2D eigenvalue weighted by Crippen LogP contribution is 2.01. The second-order valence-electron chi connectivity index (χ2n) is 4.41. The zero-order chi connectivity index (χ0) is 14.7. The Bertz CT molecular complexity index is 397. The highest BCUT2D eigenvalue weighted by molar-refractivity contribution is 6.21. The van der Waals surface area contributed by atoms with Gasteiger partial charge in [-0.15, -0.1) is 11.6 Å². The number of rotatable bonds is 6. The van der Waals surface area contributed by atoms with E-state index in [1.807, 2.05) is 20.0 Å². The predicted molar refractivity (Wildman–Crippen MR) is 78.4 cm³/mol. The fourth-order valence-corrected chi connectivity index (χ4v) is 1.35. The van der Waals surface area contributed by atoms with E-state index in [1.54, 1.807) is 17.9 Å². The minimum atomic E-state index is -0.167. The maximum atomic E-state index is 12.0. The van der Waals surface area contributed by atoms with Crippen molar-refractivity contribution >= 4 is 17.5 Å². The number of halogens is 1. The van der Waals surface area contributed by atoms with Crippen LogP contribution in [0, 0.1) is 30.3 Å². The quantitative estimate of drug-likeness (QED) is 0.323. The molecule has 0 heterocycles. The summed E-state index contributed by atoms with van der Waals surface area (Å²) in [6.45, 7) is 7.06. The van der Waals surface area contributed by atoms with Gasteiger partial charge in [-0.25, -0.2) is 0 Å². The van der Waals surface area contributed by atoms with Crippen LogP contribution in [0.2, 0.25) is 0 Å². The van der Waals surface area contributed by atoms with E-state index in [4.69, 9.17) is 18.0 Å². The van der Waals surface area contributed by atoms with Crippen molar-refractivity contribution in [1.82, 2.24) is 4.90 Å². The van der Waals surface area contributed by atoms with Crippen LogP contribution in [0.25, 0.3) is 0 Å². The fourth-order valence-electron chi connectivity index (χ4n) is 1.27. The average Bonchev–Trinajstić information content (AvgIpc) is 2.33. The summed E-state index contributed by atoms with van der Waals surface area (Å²) in [6.07, 6.45) is 10.1. The molecule has 0 radical (unpaired) electrons. The summed E-state index contributed by atoms with van der Waals surface area (Å²) < 4.78 is 4.66. The van der Waals surface area contributed by atoms with E-state index in [0.717, 1.165) is 0 Å². The van der Waals surface area contributed by atoms with E-state index in [-0.39, 0.29) is 17.9 Å². The molecule has 0 spiro atoms. The Kier molecular flexibility index (Phi) is 9.49. The second-order valence-corrected chi connectivity index (χ2v) is 5.10. The molecule has 1 unspecified atom stereocenters. The number of nitrogens with zero attached hydrogens (tertiary/aromatic N) is 1. The zero-order valence-electron chi connectivity index (χ0n) is 11.6. The third-order valence-electron chi connectivity index (χ3n) is 2.02. The van der Waals surface area contributed by atoms with Gasteiger partial charge in [0.05, 0.1) is 6.54 Å². The van der Waals surface area contributed by atoms with Crippen LogP contribution >= 0.6 is 11.6 Å². The predicted octanol–water partition coefficient (Wildman–Crippen LogP) is 2.27. The van der Waals surface area contributed by atoms with Crippen molar-refractivity contribution in [3.8, 4) is 24.4 Å². The first-order valence-electron chi connectivity index (χ1n) is 6.11. The third-order valence-corrected chi connectivity index (χ3v) is 2.17. The smallest absolute Gasteiger partial charge is 0.247 e. The molecule has 1 atom stereocenters. The van der Waals surface area contributed by atoms with Gasteiger partial charge in [0, 0.05) is 18.0 Å². The first kappa shape index (κ1) is 17.4. The number of ether oxygens (including phenoxy) is 1. The molecule has 0 aromatic carbocycles. The maximum absolute atomic E-state index is 12.0. The number of amides is 1. The molecule has 0 saturated carbocycles. The molecule has 0 fully saturated rings. The van der Waals surface area contributed by atoms with Crippen molar-refractivity contribution in [1.29, 1.82) is 0 Å². The number of carbonyl (C=O) groups excluding carboxylic acids is 1.